The standard InChI is InChI=1S/C21H31Br2N3O/c1-14-18(22)11-15(12-19(14)23)13-20(24)21(27)26-9-5-17(6-10-26)16-3-7-25(2)8-4-16/h11-12,16-17,20H,3-10,13,24H2,1-2H3/t20-/m0/s1. The summed E-state index contributed by atoms with van der Waals surface area (Å²) in [5.41, 5.74) is 8.53. The highest BCUT2D eigenvalue weighted by Gasteiger charge is 2.31. The maximum Gasteiger partial charge on any atom is 0.239 e. The van der Waals surface area contributed by atoms with Crippen molar-refractivity contribution >= 4 is 37.8 Å². The second-order valence-electron chi connectivity index (χ2n) is 8.30. The molecule has 1 aromatic carbocycles. The molecule has 1 aromatic rings. The van der Waals surface area contributed by atoms with Gasteiger partial charge in [-0.3, -0.25) is 4.79 Å². The zero-order valence-electron chi connectivity index (χ0n) is 16.4. The fourth-order valence-electron chi connectivity index (χ4n) is 4.48. The van der Waals surface area contributed by atoms with Crippen LogP contribution < -0.4 is 5.73 Å². The van der Waals surface area contributed by atoms with Gasteiger partial charge in [-0.2, -0.15) is 0 Å². The monoisotopic (exact) mass is 499 g/mol. The Labute approximate surface area is 180 Å². The normalized spacial score (nSPS) is 21.4. The van der Waals surface area contributed by atoms with Gasteiger partial charge in [-0.1, -0.05) is 31.9 Å². The molecule has 150 valence electrons. The van der Waals surface area contributed by atoms with E-state index in [1.54, 1.807) is 0 Å². The summed E-state index contributed by atoms with van der Waals surface area (Å²) in [5, 5.41) is 0. The number of benzene rings is 1. The molecule has 1 amide bonds. The fraction of sp³-hybridized carbons (Fsp3) is 0.667. The number of hydrogen-bond acceptors (Lipinski definition) is 3. The lowest BCUT2D eigenvalue weighted by molar-refractivity contribution is -0.134. The van der Waals surface area contributed by atoms with Crippen LogP contribution in [0.3, 0.4) is 0 Å². The third-order valence-corrected chi connectivity index (χ3v) is 8.04. The summed E-state index contributed by atoms with van der Waals surface area (Å²) in [6.07, 6.45) is 5.46. The molecule has 0 bridgehead atoms. The Morgan fingerprint density at radius 3 is 2.07 bits per heavy atom. The van der Waals surface area contributed by atoms with Crippen LogP contribution in [-0.2, 0) is 11.2 Å². The number of halogens is 2. The first-order valence-corrected chi connectivity index (χ1v) is 11.6. The third-order valence-electron chi connectivity index (χ3n) is 6.39. The molecular weight excluding hydrogens is 470 g/mol. The predicted molar refractivity (Wildman–Crippen MR) is 118 cm³/mol. The Bertz CT molecular complexity index is 642. The molecule has 2 aliphatic heterocycles. The molecule has 2 aliphatic rings. The van der Waals surface area contributed by atoms with E-state index in [2.05, 4.69) is 62.9 Å². The van der Waals surface area contributed by atoms with E-state index in [0.717, 1.165) is 57.8 Å². The van der Waals surface area contributed by atoms with E-state index in [-0.39, 0.29) is 5.91 Å². The number of rotatable bonds is 4. The Kier molecular flexibility index (Phi) is 7.39. The highest BCUT2D eigenvalue weighted by molar-refractivity contribution is 9.11. The largest absolute Gasteiger partial charge is 0.341 e. The van der Waals surface area contributed by atoms with Crippen molar-refractivity contribution in [1.29, 1.82) is 0 Å². The topological polar surface area (TPSA) is 49.6 Å². The smallest absolute Gasteiger partial charge is 0.239 e. The number of amides is 1. The highest BCUT2D eigenvalue weighted by Crippen LogP contribution is 2.32. The van der Waals surface area contributed by atoms with Crippen molar-refractivity contribution in [3.05, 3.63) is 32.2 Å². The van der Waals surface area contributed by atoms with Crippen LogP contribution in [0.15, 0.2) is 21.1 Å². The van der Waals surface area contributed by atoms with Gasteiger partial charge in [-0.15, -0.1) is 0 Å². The molecule has 2 saturated heterocycles. The van der Waals surface area contributed by atoms with Crippen LogP contribution in [0, 0.1) is 18.8 Å². The van der Waals surface area contributed by atoms with Crippen molar-refractivity contribution in [3.63, 3.8) is 0 Å². The summed E-state index contributed by atoms with van der Waals surface area (Å²) in [7, 11) is 2.21. The maximum absolute atomic E-state index is 12.8. The second-order valence-corrected chi connectivity index (χ2v) is 10.0. The van der Waals surface area contributed by atoms with E-state index in [1.165, 1.54) is 25.9 Å². The average molecular weight is 501 g/mol. The summed E-state index contributed by atoms with van der Waals surface area (Å²) < 4.78 is 2.09. The molecule has 6 heteroatoms. The van der Waals surface area contributed by atoms with E-state index >= 15 is 0 Å². The van der Waals surface area contributed by atoms with Gasteiger partial charge < -0.3 is 15.5 Å². The molecule has 2 fully saturated rings. The zero-order valence-corrected chi connectivity index (χ0v) is 19.6. The van der Waals surface area contributed by atoms with Crippen LogP contribution in [0.2, 0.25) is 0 Å². The second kappa shape index (κ2) is 9.38. The van der Waals surface area contributed by atoms with E-state index in [4.69, 9.17) is 5.73 Å². The molecule has 0 unspecified atom stereocenters. The van der Waals surface area contributed by atoms with Gasteiger partial charge in [0, 0.05) is 22.0 Å². The Balaban J connectivity index is 1.51. The molecule has 3 rings (SSSR count). The minimum atomic E-state index is -0.466. The Morgan fingerprint density at radius 2 is 1.56 bits per heavy atom. The number of nitrogens with zero attached hydrogens (tertiary/aromatic N) is 2. The lowest BCUT2D eigenvalue weighted by Gasteiger charge is -2.40. The summed E-state index contributed by atoms with van der Waals surface area (Å²) in [6, 6.07) is 3.67. The number of piperidine rings is 2. The van der Waals surface area contributed by atoms with Gasteiger partial charge in [-0.05, 0) is 94.3 Å². The molecule has 0 radical (unpaired) electrons. The van der Waals surface area contributed by atoms with E-state index < -0.39 is 6.04 Å². The highest BCUT2D eigenvalue weighted by atomic mass is 79.9. The van der Waals surface area contributed by atoms with Crippen LogP contribution in [-0.4, -0.2) is 55.0 Å². The first-order valence-electron chi connectivity index (χ1n) is 10.0. The quantitative estimate of drug-likeness (QED) is 0.680. The lowest BCUT2D eigenvalue weighted by Crippen LogP contribution is -2.49. The maximum atomic E-state index is 12.8. The van der Waals surface area contributed by atoms with Crippen molar-refractivity contribution in [2.24, 2.45) is 17.6 Å². The fourth-order valence-corrected chi connectivity index (χ4v) is 5.76. The van der Waals surface area contributed by atoms with E-state index in [9.17, 15) is 4.79 Å². The van der Waals surface area contributed by atoms with E-state index in [0.29, 0.717) is 6.42 Å². The number of carbonyl (C=O) groups is 1. The predicted octanol–water partition coefficient (Wildman–Crippen LogP) is 3.97. The Hall–Kier alpha value is -0.430. The van der Waals surface area contributed by atoms with Crippen LogP contribution >= 0.6 is 31.9 Å². The molecule has 2 N–H and O–H groups in total. The first-order chi connectivity index (χ1) is 12.8. The van der Waals surface area contributed by atoms with Crippen LogP contribution in [0.4, 0.5) is 0 Å². The molecule has 27 heavy (non-hydrogen) atoms. The molecular formula is C21H31Br2N3O. The van der Waals surface area contributed by atoms with Crippen molar-refractivity contribution in [1.82, 2.24) is 9.80 Å². The summed E-state index contributed by atoms with van der Waals surface area (Å²) in [6.45, 7) is 6.22. The van der Waals surface area contributed by atoms with Gasteiger partial charge in [0.25, 0.3) is 0 Å². The van der Waals surface area contributed by atoms with Gasteiger partial charge in [-0.25, -0.2) is 0 Å². The molecule has 2 heterocycles. The first kappa shape index (κ1) is 21.3. The molecule has 1 atom stereocenters. The molecule has 4 nitrogen and oxygen atoms in total. The van der Waals surface area contributed by atoms with Crippen LogP contribution in [0.5, 0.6) is 0 Å². The van der Waals surface area contributed by atoms with Crippen molar-refractivity contribution in [3.8, 4) is 0 Å². The molecule has 0 aromatic heterocycles. The average Bonchev–Trinajstić information content (AvgIpc) is 2.66. The minimum absolute atomic E-state index is 0.102. The van der Waals surface area contributed by atoms with Gasteiger partial charge in [0.2, 0.25) is 5.91 Å². The van der Waals surface area contributed by atoms with Crippen LogP contribution in [0.1, 0.15) is 36.8 Å². The van der Waals surface area contributed by atoms with Crippen LogP contribution in [0.25, 0.3) is 0 Å². The van der Waals surface area contributed by atoms with Gasteiger partial charge in [0.15, 0.2) is 0 Å². The number of carbonyl (C=O) groups excluding carboxylic acids is 1. The van der Waals surface area contributed by atoms with Crippen molar-refractivity contribution in [2.45, 2.75) is 45.1 Å². The SMILES string of the molecule is Cc1c(Br)cc(C[C@H](N)C(=O)N2CCC(C3CCN(C)CC3)CC2)cc1Br. The minimum Gasteiger partial charge on any atom is -0.341 e. The lowest BCUT2D eigenvalue weighted by atomic mass is 9.79. The van der Waals surface area contributed by atoms with Gasteiger partial charge in [0.1, 0.15) is 0 Å². The van der Waals surface area contributed by atoms with Gasteiger partial charge in [0.05, 0.1) is 6.04 Å². The van der Waals surface area contributed by atoms with Gasteiger partial charge >= 0.3 is 0 Å². The summed E-state index contributed by atoms with van der Waals surface area (Å²) >= 11 is 7.16. The number of hydrogen-bond donors (Lipinski definition) is 1. The zero-order chi connectivity index (χ0) is 19.6. The van der Waals surface area contributed by atoms with Crippen molar-refractivity contribution < 1.29 is 4.79 Å². The molecule has 0 saturated carbocycles. The number of nitrogens with two attached hydrogens (primary N) is 1. The summed E-state index contributed by atoms with van der Waals surface area (Å²) in [5.74, 6) is 1.72. The molecule has 0 aliphatic carbocycles. The Morgan fingerprint density at radius 1 is 1.07 bits per heavy atom. The summed E-state index contributed by atoms with van der Waals surface area (Å²) in [4.78, 5) is 17.3. The molecule has 0 spiro atoms. The third kappa shape index (κ3) is 5.34. The number of likely N-dealkylation sites (tertiary alicyclic amines) is 2. The van der Waals surface area contributed by atoms with E-state index in [1.807, 2.05) is 4.90 Å². The van der Waals surface area contributed by atoms with Crippen molar-refractivity contribution in [2.75, 3.05) is 33.2 Å².